The topological polar surface area (TPSA) is 196 Å². The van der Waals surface area contributed by atoms with Gasteiger partial charge < -0.3 is 40.0 Å². The Morgan fingerprint density at radius 3 is 1.60 bits per heavy atom. The highest BCUT2D eigenvalue weighted by Crippen LogP contribution is 2.12. The zero-order chi connectivity index (χ0) is 34.3. The summed E-state index contributed by atoms with van der Waals surface area (Å²) in [5, 5.41) is 16.8. The molecule has 4 N–H and O–H groups in total. The summed E-state index contributed by atoms with van der Waals surface area (Å²) in [4.78, 5) is 71.0. The second kappa shape index (κ2) is 23.1. The SMILES string of the molecule is CC(C)(C)OC(=O)CCCCCCC(=O)NCCOCCOCCNC(=O)CCC(=O)N[C@@H](CCC(=O)O)C(=O)OC(C)(C)C. The zero-order valence-corrected chi connectivity index (χ0v) is 27.9. The monoisotopic (exact) mass is 645 g/mol. The summed E-state index contributed by atoms with van der Waals surface area (Å²) in [6.07, 6.45) is 3.29. The normalized spacial score (nSPS) is 12.1. The van der Waals surface area contributed by atoms with Crippen molar-refractivity contribution in [2.24, 2.45) is 0 Å². The minimum atomic E-state index is -1.12. The Morgan fingerprint density at radius 1 is 0.600 bits per heavy atom. The van der Waals surface area contributed by atoms with Gasteiger partial charge in [0.15, 0.2) is 0 Å². The minimum Gasteiger partial charge on any atom is -0.481 e. The van der Waals surface area contributed by atoms with Gasteiger partial charge in [-0.2, -0.15) is 0 Å². The summed E-state index contributed by atoms with van der Waals surface area (Å²) in [6, 6.07) is -1.12. The molecule has 0 saturated carbocycles. The summed E-state index contributed by atoms with van der Waals surface area (Å²) in [5.41, 5.74) is -1.27. The quantitative estimate of drug-likeness (QED) is 0.0889. The molecule has 1 atom stereocenters. The molecule has 0 unspecified atom stereocenters. The fraction of sp³-hybridized carbons (Fsp3) is 0.806. The molecule has 0 bridgehead atoms. The third kappa shape index (κ3) is 28.0. The minimum absolute atomic E-state index is 0.0451. The number of aliphatic carboxylic acids is 1. The number of hydrogen-bond acceptors (Lipinski definition) is 10. The van der Waals surface area contributed by atoms with Crippen LogP contribution in [0.15, 0.2) is 0 Å². The Labute approximate surface area is 267 Å². The smallest absolute Gasteiger partial charge is 0.329 e. The molecule has 0 spiro atoms. The van der Waals surface area contributed by atoms with Crippen LogP contribution in [-0.4, -0.2) is 97.5 Å². The molecule has 0 aliphatic carbocycles. The molecule has 0 aromatic rings. The fourth-order valence-corrected chi connectivity index (χ4v) is 3.71. The Kier molecular flexibility index (Phi) is 21.5. The number of amides is 3. The van der Waals surface area contributed by atoms with Crippen LogP contribution >= 0.6 is 0 Å². The highest BCUT2D eigenvalue weighted by atomic mass is 16.6. The number of carbonyl (C=O) groups is 6. The van der Waals surface area contributed by atoms with Crippen molar-refractivity contribution < 1.29 is 52.8 Å². The van der Waals surface area contributed by atoms with E-state index in [-0.39, 0.29) is 56.6 Å². The molecule has 0 aliphatic rings. The molecule has 14 heteroatoms. The Morgan fingerprint density at radius 2 is 1.09 bits per heavy atom. The van der Waals surface area contributed by atoms with Gasteiger partial charge in [-0.25, -0.2) is 4.79 Å². The van der Waals surface area contributed by atoms with E-state index in [0.29, 0.717) is 39.2 Å². The molecule has 0 heterocycles. The summed E-state index contributed by atoms with van der Waals surface area (Å²) in [7, 11) is 0. The predicted molar refractivity (Wildman–Crippen MR) is 165 cm³/mol. The van der Waals surface area contributed by atoms with E-state index < -0.39 is 35.1 Å². The van der Waals surface area contributed by atoms with Crippen LogP contribution < -0.4 is 16.0 Å². The molecule has 3 amide bonds. The van der Waals surface area contributed by atoms with Gasteiger partial charge in [-0.1, -0.05) is 12.8 Å². The van der Waals surface area contributed by atoms with Crippen molar-refractivity contribution in [1.82, 2.24) is 16.0 Å². The van der Waals surface area contributed by atoms with Crippen molar-refractivity contribution in [2.75, 3.05) is 39.5 Å². The van der Waals surface area contributed by atoms with Crippen LogP contribution in [0.2, 0.25) is 0 Å². The lowest BCUT2D eigenvalue weighted by atomic mass is 10.1. The molecule has 0 rings (SSSR count). The molecule has 0 aliphatic heterocycles. The average Bonchev–Trinajstić information content (AvgIpc) is 2.90. The van der Waals surface area contributed by atoms with E-state index in [2.05, 4.69) is 16.0 Å². The Bertz CT molecular complexity index is 927. The number of unbranched alkanes of at least 4 members (excludes halogenated alkanes) is 3. The second-order valence-electron chi connectivity index (χ2n) is 12.5. The van der Waals surface area contributed by atoms with Crippen LogP contribution in [0, 0.1) is 0 Å². The van der Waals surface area contributed by atoms with E-state index >= 15 is 0 Å². The van der Waals surface area contributed by atoms with E-state index in [1.54, 1.807) is 20.8 Å². The van der Waals surface area contributed by atoms with Crippen molar-refractivity contribution in [2.45, 2.75) is 123 Å². The molecule has 45 heavy (non-hydrogen) atoms. The molecule has 0 fully saturated rings. The number of rotatable bonds is 24. The van der Waals surface area contributed by atoms with Crippen molar-refractivity contribution in [3.63, 3.8) is 0 Å². The standard InChI is InChI=1S/C31H55N3O11/c1-30(2,3)44-28(40)12-10-8-7-9-11-24(35)32-17-19-42-21-22-43-20-18-33-25(36)14-15-26(37)34-23(13-16-27(38)39)29(41)45-31(4,5)6/h23H,7-22H2,1-6H3,(H,32,35)(H,33,36)(H,34,37)(H,38,39)/t23-/m0/s1. The average molecular weight is 646 g/mol. The van der Waals surface area contributed by atoms with Crippen LogP contribution in [0.4, 0.5) is 0 Å². The largest absolute Gasteiger partial charge is 0.481 e. The van der Waals surface area contributed by atoms with Crippen LogP contribution in [0.5, 0.6) is 0 Å². The van der Waals surface area contributed by atoms with Crippen molar-refractivity contribution in [1.29, 1.82) is 0 Å². The van der Waals surface area contributed by atoms with Crippen LogP contribution in [0.1, 0.15) is 106 Å². The summed E-state index contributed by atoms with van der Waals surface area (Å²) in [5.74, 6) is -3.02. The number of esters is 2. The van der Waals surface area contributed by atoms with E-state index in [1.807, 2.05) is 20.8 Å². The van der Waals surface area contributed by atoms with E-state index in [9.17, 15) is 28.8 Å². The molecule has 0 aromatic heterocycles. The van der Waals surface area contributed by atoms with Gasteiger partial charge in [0.05, 0.1) is 26.4 Å². The number of nitrogens with one attached hydrogen (secondary N) is 3. The molecular formula is C31H55N3O11. The van der Waals surface area contributed by atoms with Gasteiger partial charge in [-0.3, -0.25) is 24.0 Å². The molecule has 0 saturated heterocycles. The molecule has 0 aromatic carbocycles. The van der Waals surface area contributed by atoms with Gasteiger partial charge in [0.25, 0.3) is 0 Å². The van der Waals surface area contributed by atoms with Gasteiger partial charge in [-0.05, 0) is 60.8 Å². The lowest BCUT2D eigenvalue weighted by Gasteiger charge is -2.24. The number of carboxylic acids is 1. The van der Waals surface area contributed by atoms with Crippen molar-refractivity contribution in [3.8, 4) is 0 Å². The maximum absolute atomic E-state index is 12.3. The number of hydrogen-bond donors (Lipinski definition) is 4. The third-order valence-corrected chi connectivity index (χ3v) is 5.72. The summed E-state index contributed by atoms with van der Waals surface area (Å²) >= 11 is 0. The van der Waals surface area contributed by atoms with Gasteiger partial charge in [0.1, 0.15) is 17.2 Å². The number of carboxylic acid groups (broad SMARTS) is 1. The van der Waals surface area contributed by atoms with Crippen LogP contribution in [-0.2, 0) is 47.7 Å². The third-order valence-electron chi connectivity index (χ3n) is 5.72. The van der Waals surface area contributed by atoms with Crippen molar-refractivity contribution >= 4 is 35.6 Å². The molecule has 260 valence electrons. The first kappa shape index (κ1) is 41.7. The molecule has 0 radical (unpaired) electrons. The van der Waals surface area contributed by atoms with E-state index in [4.69, 9.17) is 24.1 Å². The lowest BCUT2D eigenvalue weighted by Crippen LogP contribution is -2.44. The Balaban J connectivity index is 3.81. The maximum Gasteiger partial charge on any atom is 0.329 e. The first-order valence-corrected chi connectivity index (χ1v) is 15.6. The maximum atomic E-state index is 12.3. The van der Waals surface area contributed by atoms with Gasteiger partial charge in [0, 0.05) is 45.2 Å². The highest BCUT2D eigenvalue weighted by molar-refractivity contribution is 5.87. The Hall–Kier alpha value is -3.26. The molecule has 14 nitrogen and oxygen atoms in total. The van der Waals surface area contributed by atoms with E-state index in [1.165, 1.54) is 0 Å². The number of carbonyl (C=O) groups excluding carboxylic acids is 5. The second-order valence-corrected chi connectivity index (χ2v) is 12.5. The zero-order valence-electron chi connectivity index (χ0n) is 27.9. The van der Waals surface area contributed by atoms with Gasteiger partial charge in [0.2, 0.25) is 17.7 Å². The number of ether oxygens (including phenoxy) is 4. The van der Waals surface area contributed by atoms with Gasteiger partial charge in [-0.15, -0.1) is 0 Å². The van der Waals surface area contributed by atoms with Crippen molar-refractivity contribution in [3.05, 3.63) is 0 Å². The fourth-order valence-electron chi connectivity index (χ4n) is 3.71. The molecular weight excluding hydrogens is 590 g/mol. The first-order valence-electron chi connectivity index (χ1n) is 15.6. The predicted octanol–water partition coefficient (Wildman–Crippen LogP) is 2.41. The summed E-state index contributed by atoms with van der Waals surface area (Å²) < 4.78 is 21.3. The summed E-state index contributed by atoms with van der Waals surface area (Å²) in [6.45, 7) is 12.3. The lowest BCUT2D eigenvalue weighted by molar-refractivity contribution is -0.159. The van der Waals surface area contributed by atoms with Crippen LogP contribution in [0.25, 0.3) is 0 Å². The highest BCUT2D eigenvalue weighted by Gasteiger charge is 2.27. The van der Waals surface area contributed by atoms with E-state index in [0.717, 1.165) is 25.7 Å². The first-order chi connectivity index (χ1) is 21.0. The van der Waals surface area contributed by atoms with Crippen LogP contribution in [0.3, 0.4) is 0 Å². The van der Waals surface area contributed by atoms with Gasteiger partial charge >= 0.3 is 17.9 Å².